The molecule has 0 saturated heterocycles. The molecule has 0 radical (unpaired) electrons. The van der Waals surface area contributed by atoms with Crippen LogP contribution in [0.1, 0.15) is 6.92 Å². The lowest BCUT2D eigenvalue weighted by molar-refractivity contribution is -0.0325. The van der Waals surface area contributed by atoms with Crippen LogP contribution in [0.25, 0.3) is 0 Å². The second kappa shape index (κ2) is 5.00. The van der Waals surface area contributed by atoms with Crippen molar-refractivity contribution in [2.45, 2.75) is 12.5 Å². The maximum absolute atomic E-state index is 9.50. The van der Waals surface area contributed by atoms with Crippen LogP contribution in [0.2, 0.25) is 0 Å². The molecule has 0 amide bonds. The number of aliphatic hydroxyl groups is 2. The lowest BCUT2D eigenvalue weighted by Crippen LogP contribution is -2.36. The number of hydrogen-bond donors (Lipinski definition) is 2. The average Bonchev–Trinajstić information content (AvgIpc) is 2.27. The second-order valence-corrected chi connectivity index (χ2v) is 3.62. The Labute approximate surface area is 89.1 Å². The molecule has 1 rings (SSSR count). The zero-order valence-corrected chi connectivity index (χ0v) is 8.93. The Balaban J connectivity index is 2.57. The first-order valence-corrected chi connectivity index (χ1v) is 4.67. The molecule has 1 aromatic carbocycles. The maximum Gasteiger partial charge on any atom is 0.123 e. The van der Waals surface area contributed by atoms with Crippen molar-refractivity contribution < 1.29 is 19.7 Å². The monoisotopic (exact) mass is 212 g/mol. The molecule has 2 N–H and O–H groups in total. The van der Waals surface area contributed by atoms with Gasteiger partial charge in [-0.3, -0.25) is 0 Å². The van der Waals surface area contributed by atoms with Gasteiger partial charge in [-0.15, -0.1) is 0 Å². The van der Waals surface area contributed by atoms with E-state index in [9.17, 15) is 5.11 Å². The standard InChI is InChI=1S/C11H16O4/c1-11(13,7-12)8-15-10-5-3-4-9(6-10)14-2/h3-6,12-13H,7-8H2,1-2H3/t11-/m1/s1. The molecule has 84 valence electrons. The van der Waals surface area contributed by atoms with Crippen molar-refractivity contribution in [2.24, 2.45) is 0 Å². The predicted octanol–water partition coefficient (Wildman–Crippen LogP) is 0.817. The SMILES string of the molecule is COc1cccc(OC[C@](C)(O)CO)c1. The molecule has 1 aromatic rings. The summed E-state index contributed by atoms with van der Waals surface area (Å²) in [5, 5.41) is 18.3. The summed E-state index contributed by atoms with van der Waals surface area (Å²) < 4.78 is 10.3. The summed E-state index contributed by atoms with van der Waals surface area (Å²) in [5.74, 6) is 1.29. The van der Waals surface area contributed by atoms with E-state index < -0.39 is 5.60 Å². The van der Waals surface area contributed by atoms with Crippen molar-refractivity contribution >= 4 is 0 Å². The van der Waals surface area contributed by atoms with Crippen molar-refractivity contribution in [1.29, 1.82) is 0 Å². The molecule has 0 saturated carbocycles. The smallest absolute Gasteiger partial charge is 0.123 e. The van der Waals surface area contributed by atoms with Crippen molar-refractivity contribution in [3.05, 3.63) is 24.3 Å². The Bertz CT molecular complexity index is 309. The Morgan fingerprint density at radius 3 is 2.60 bits per heavy atom. The Kier molecular flexibility index (Phi) is 3.94. The number of benzene rings is 1. The van der Waals surface area contributed by atoms with Crippen LogP contribution in [-0.2, 0) is 0 Å². The van der Waals surface area contributed by atoms with E-state index in [1.807, 2.05) is 0 Å². The first-order valence-electron chi connectivity index (χ1n) is 4.67. The Morgan fingerprint density at radius 1 is 1.33 bits per heavy atom. The number of methoxy groups -OCH3 is 1. The molecule has 0 aliphatic heterocycles. The minimum atomic E-state index is -1.22. The number of rotatable bonds is 5. The minimum absolute atomic E-state index is 0.0384. The number of aliphatic hydroxyl groups excluding tert-OH is 1. The van der Waals surface area contributed by atoms with Gasteiger partial charge < -0.3 is 19.7 Å². The van der Waals surface area contributed by atoms with Crippen LogP contribution in [0.15, 0.2) is 24.3 Å². The third-order valence-electron chi connectivity index (χ3n) is 1.93. The molecule has 15 heavy (non-hydrogen) atoms. The Hall–Kier alpha value is -1.26. The van der Waals surface area contributed by atoms with E-state index in [2.05, 4.69) is 0 Å². The van der Waals surface area contributed by atoms with Crippen LogP contribution < -0.4 is 9.47 Å². The third kappa shape index (κ3) is 3.77. The third-order valence-corrected chi connectivity index (χ3v) is 1.93. The fraction of sp³-hybridized carbons (Fsp3) is 0.455. The molecule has 0 heterocycles. The molecular weight excluding hydrogens is 196 g/mol. The van der Waals surface area contributed by atoms with E-state index in [1.54, 1.807) is 31.4 Å². The van der Waals surface area contributed by atoms with E-state index in [-0.39, 0.29) is 13.2 Å². The molecule has 0 aromatic heterocycles. The molecule has 1 atom stereocenters. The number of hydrogen-bond acceptors (Lipinski definition) is 4. The normalized spacial score (nSPS) is 14.4. The summed E-state index contributed by atoms with van der Waals surface area (Å²) in [6, 6.07) is 7.07. The van der Waals surface area contributed by atoms with Gasteiger partial charge in [-0.2, -0.15) is 0 Å². The van der Waals surface area contributed by atoms with E-state index in [0.29, 0.717) is 11.5 Å². The van der Waals surface area contributed by atoms with E-state index in [0.717, 1.165) is 0 Å². The van der Waals surface area contributed by atoms with Crippen LogP contribution in [0, 0.1) is 0 Å². The zero-order valence-electron chi connectivity index (χ0n) is 8.93. The van der Waals surface area contributed by atoms with Crippen molar-refractivity contribution in [3.63, 3.8) is 0 Å². The maximum atomic E-state index is 9.50. The summed E-state index contributed by atoms with van der Waals surface area (Å²) in [4.78, 5) is 0. The summed E-state index contributed by atoms with van der Waals surface area (Å²) in [5.41, 5.74) is -1.22. The minimum Gasteiger partial charge on any atom is -0.497 e. The average molecular weight is 212 g/mol. The van der Waals surface area contributed by atoms with Gasteiger partial charge in [0.15, 0.2) is 0 Å². The topological polar surface area (TPSA) is 58.9 Å². The highest BCUT2D eigenvalue weighted by Gasteiger charge is 2.19. The van der Waals surface area contributed by atoms with Gasteiger partial charge in [-0.25, -0.2) is 0 Å². The van der Waals surface area contributed by atoms with Crippen LogP contribution in [0.4, 0.5) is 0 Å². The molecule has 0 aliphatic rings. The highest BCUT2D eigenvalue weighted by molar-refractivity contribution is 5.32. The van der Waals surface area contributed by atoms with E-state index in [4.69, 9.17) is 14.6 Å². The molecule has 0 aliphatic carbocycles. The van der Waals surface area contributed by atoms with Crippen LogP contribution in [-0.4, -0.2) is 36.1 Å². The molecule has 4 nitrogen and oxygen atoms in total. The van der Waals surface area contributed by atoms with Crippen LogP contribution >= 0.6 is 0 Å². The summed E-state index contributed by atoms with van der Waals surface area (Å²) in [6.07, 6.45) is 0. The molecular formula is C11H16O4. The molecule has 0 spiro atoms. The predicted molar refractivity (Wildman–Crippen MR) is 56.2 cm³/mol. The molecule has 0 fully saturated rings. The second-order valence-electron chi connectivity index (χ2n) is 3.62. The van der Waals surface area contributed by atoms with Gasteiger partial charge in [0.25, 0.3) is 0 Å². The largest absolute Gasteiger partial charge is 0.497 e. The zero-order chi connectivity index (χ0) is 11.3. The van der Waals surface area contributed by atoms with Crippen molar-refractivity contribution in [2.75, 3.05) is 20.3 Å². The summed E-state index contributed by atoms with van der Waals surface area (Å²) in [6.45, 7) is 1.21. The first-order chi connectivity index (χ1) is 7.07. The van der Waals surface area contributed by atoms with Crippen LogP contribution in [0.3, 0.4) is 0 Å². The quantitative estimate of drug-likeness (QED) is 0.758. The summed E-state index contributed by atoms with van der Waals surface area (Å²) >= 11 is 0. The van der Waals surface area contributed by atoms with Gasteiger partial charge in [0.2, 0.25) is 0 Å². The first kappa shape index (κ1) is 11.8. The number of ether oxygens (including phenoxy) is 2. The van der Waals surface area contributed by atoms with Crippen molar-refractivity contribution in [3.8, 4) is 11.5 Å². The van der Waals surface area contributed by atoms with Gasteiger partial charge >= 0.3 is 0 Å². The van der Waals surface area contributed by atoms with Crippen LogP contribution in [0.5, 0.6) is 11.5 Å². The van der Waals surface area contributed by atoms with E-state index >= 15 is 0 Å². The lowest BCUT2D eigenvalue weighted by atomic mass is 10.1. The summed E-state index contributed by atoms with van der Waals surface area (Å²) in [7, 11) is 1.57. The highest BCUT2D eigenvalue weighted by Crippen LogP contribution is 2.19. The molecule has 4 heteroatoms. The fourth-order valence-electron chi connectivity index (χ4n) is 0.975. The van der Waals surface area contributed by atoms with Gasteiger partial charge in [0.05, 0.1) is 13.7 Å². The van der Waals surface area contributed by atoms with Gasteiger partial charge in [0.1, 0.15) is 23.7 Å². The lowest BCUT2D eigenvalue weighted by Gasteiger charge is -2.20. The van der Waals surface area contributed by atoms with Gasteiger partial charge in [-0.1, -0.05) is 6.07 Å². The molecule has 0 bridgehead atoms. The van der Waals surface area contributed by atoms with E-state index in [1.165, 1.54) is 6.92 Å². The van der Waals surface area contributed by atoms with Crippen molar-refractivity contribution in [1.82, 2.24) is 0 Å². The highest BCUT2D eigenvalue weighted by atomic mass is 16.5. The Morgan fingerprint density at radius 2 is 2.00 bits per heavy atom. The molecule has 0 unspecified atom stereocenters. The van der Waals surface area contributed by atoms with Gasteiger partial charge in [0, 0.05) is 6.07 Å². The fourth-order valence-corrected chi connectivity index (χ4v) is 0.975. The van der Waals surface area contributed by atoms with Gasteiger partial charge in [-0.05, 0) is 19.1 Å².